The van der Waals surface area contributed by atoms with Gasteiger partial charge < -0.3 is 5.32 Å². The molecule has 1 aliphatic rings. The minimum atomic E-state index is 0.117. The van der Waals surface area contributed by atoms with Gasteiger partial charge in [0.15, 0.2) is 0 Å². The van der Waals surface area contributed by atoms with Crippen LogP contribution in [0, 0.1) is 5.92 Å². The number of thioether (sulfide) groups is 1. The number of likely N-dealkylation sites (tertiary alicyclic amines) is 1. The molecule has 0 amide bonds. The van der Waals surface area contributed by atoms with Crippen molar-refractivity contribution in [2.24, 2.45) is 5.92 Å². The highest BCUT2D eigenvalue weighted by molar-refractivity contribution is 8.13. The monoisotopic (exact) mass is 216 g/mol. The Labute approximate surface area is 90.6 Å². The van der Waals surface area contributed by atoms with Crippen LogP contribution >= 0.6 is 11.8 Å². The summed E-state index contributed by atoms with van der Waals surface area (Å²) >= 11 is 1.36. The van der Waals surface area contributed by atoms with Crippen LogP contribution in [-0.4, -0.2) is 49.5 Å². The number of hydrogen-bond donors (Lipinski definition) is 1. The second-order valence-corrected chi connectivity index (χ2v) is 4.72. The predicted octanol–water partition coefficient (Wildman–Crippen LogP) is 0.806. The van der Waals surface area contributed by atoms with Crippen LogP contribution in [0.15, 0.2) is 0 Å². The van der Waals surface area contributed by atoms with Crippen molar-refractivity contribution in [2.45, 2.75) is 18.9 Å². The third-order valence-corrected chi connectivity index (χ3v) is 3.56. The number of likely N-dealkylation sites (N-methyl/N-ethyl adjacent to an activating group) is 1. The van der Waals surface area contributed by atoms with Crippen molar-refractivity contribution in [1.82, 2.24) is 10.2 Å². The van der Waals surface area contributed by atoms with Gasteiger partial charge >= 0.3 is 0 Å². The highest BCUT2D eigenvalue weighted by atomic mass is 32.2. The van der Waals surface area contributed by atoms with Crippen molar-refractivity contribution in [3.63, 3.8) is 0 Å². The molecule has 14 heavy (non-hydrogen) atoms. The number of nitrogens with zero attached hydrogens (tertiary/aromatic N) is 1. The molecule has 0 aromatic heterocycles. The molecule has 1 saturated heterocycles. The van der Waals surface area contributed by atoms with Gasteiger partial charge in [-0.3, -0.25) is 9.69 Å². The summed E-state index contributed by atoms with van der Waals surface area (Å²) in [4.78, 5) is 14.0. The molecule has 0 bridgehead atoms. The number of hydrogen-bond acceptors (Lipinski definition) is 4. The minimum absolute atomic E-state index is 0.117. The van der Waals surface area contributed by atoms with Crippen LogP contribution in [0.5, 0.6) is 0 Å². The smallest absolute Gasteiger partial charge is 0.206 e. The molecule has 1 rings (SSSR count). The zero-order valence-corrected chi connectivity index (χ0v) is 10.1. The molecule has 4 heteroatoms. The normalized spacial score (nSPS) is 29.1. The molecule has 2 unspecified atom stereocenters. The van der Waals surface area contributed by atoms with E-state index >= 15 is 0 Å². The molecule has 3 nitrogen and oxygen atoms in total. The third-order valence-electron chi connectivity index (χ3n) is 2.92. The summed E-state index contributed by atoms with van der Waals surface area (Å²) < 4.78 is 0. The molecule has 0 aromatic rings. The van der Waals surface area contributed by atoms with E-state index in [2.05, 4.69) is 17.3 Å². The minimum Gasteiger partial charge on any atom is -0.319 e. The zero-order chi connectivity index (χ0) is 10.6. The summed E-state index contributed by atoms with van der Waals surface area (Å²) in [7, 11) is 4.01. The van der Waals surface area contributed by atoms with E-state index in [4.69, 9.17) is 0 Å². The molecule has 0 radical (unpaired) electrons. The highest BCUT2D eigenvalue weighted by Gasteiger charge is 2.33. The largest absolute Gasteiger partial charge is 0.319 e. The Morgan fingerprint density at radius 2 is 2.36 bits per heavy atom. The van der Waals surface area contributed by atoms with Crippen LogP contribution in [0.2, 0.25) is 0 Å². The van der Waals surface area contributed by atoms with Gasteiger partial charge in [-0.15, -0.1) is 0 Å². The van der Waals surface area contributed by atoms with Gasteiger partial charge in [0, 0.05) is 0 Å². The first kappa shape index (κ1) is 12.0. The van der Waals surface area contributed by atoms with E-state index < -0.39 is 0 Å². The molecule has 0 spiro atoms. The fourth-order valence-electron chi connectivity index (χ4n) is 2.23. The van der Waals surface area contributed by atoms with Crippen LogP contribution in [-0.2, 0) is 4.79 Å². The fraction of sp³-hybridized carbons (Fsp3) is 0.900. The van der Waals surface area contributed by atoms with Crippen molar-refractivity contribution in [3.05, 3.63) is 0 Å². The maximum atomic E-state index is 11.8. The van der Waals surface area contributed by atoms with E-state index in [9.17, 15) is 4.79 Å². The Balaban J connectivity index is 2.65. The molecular weight excluding hydrogens is 196 g/mol. The third kappa shape index (κ3) is 2.72. The molecule has 1 heterocycles. The van der Waals surface area contributed by atoms with E-state index in [1.165, 1.54) is 24.6 Å². The number of rotatable bonds is 3. The van der Waals surface area contributed by atoms with Crippen LogP contribution in [0.1, 0.15) is 12.8 Å². The molecule has 82 valence electrons. The second-order valence-electron chi connectivity index (χ2n) is 3.91. The molecule has 1 fully saturated rings. The van der Waals surface area contributed by atoms with Gasteiger partial charge in [-0.25, -0.2) is 0 Å². The fourth-order valence-corrected chi connectivity index (χ4v) is 2.84. The number of nitrogens with one attached hydrogen (secondary N) is 1. The van der Waals surface area contributed by atoms with Crippen LogP contribution in [0.4, 0.5) is 0 Å². The van der Waals surface area contributed by atoms with E-state index in [0.717, 1.165) is 13.1 Å². The standard InChI is InChI=1S/C10H20N2OS/c1-11-7-8-5-4-6-12(2)9(8)10(13)14-3/h8-9,11H,4-7H2,1-3H3. The summed E-state index contributed by atoms with van der Waals surface area (Å²) in [5, 5.41) is 3.49. The Kier molecular flexibility index (Phi) is 4.92. The Hall–Kier alpha value is -0.0600. The number of carbonyl (C=O) groups excluding carboxylic acids is 1. The average Bonchev–Trinajstić information content (AvgIpc) is 2.18. The highest BCUT2D eigenvalue weighted by Crippen LogP contribution is 2.25. The average molecular weight is 216 g/mol. The first-order chi connectivity index (χ1) is 6.70. The van der Waals surface area contributed by atoms with Crippen molar-refractivity contribution in [1.29, 1.82) is 0 Å². The Morgan fingerprint density at radius 1 is 1.64 bits per heavy atom. The SMILES string of the molecule is CNCC1CCCN(C)C1C(=O)SC. The van der Waals surface area contributed by atoms with Gasteiger partial charge in [-0.1, -0.05) is 11.8 Å². The molecule has 0 aromatic carbocycles. The van der Waals surface area contributed by atoms with Crippen LogP contribution in [0.25, 0.3) is 0 Å². The van der Waals surface area contributed by atoms with E-state index in [-0.39, 0.29) is 6.04 Å². The number of piperidine rings is 1. The molecule has 0 aliphatic carbocycles. The molecule has 1 aliphatic heterocycles. The summed E-state index contributed by atoms with van der Waals surface area (Å²) in [6, 6.07) is 0.117. The molecule has 1 N–H and O–H groups in total. The van der Waals surface area contributed by atoms with E-state index in [0.29, 0.717) is 11.0 Å². The van der Waals surface area contributed by atoms with E-state index in [1.54, 1.807) is 0 Å². The summed E-state index contributed by atoms with van der Waals surface area (Å²) in [5.74, 6) is 0.485. The van der Waals surface area contributed by atoms with Crippen molar-refractivity contribution in [3.8, 4) is 0 Å². The van der Waals surface area contributed by atoms with Gasteiger partial charge in [0.2, 0.25) is 5.12 Å². The van der Waals surface area contributed by atoms with Crippen molar-refractivity contribution < 1.29 is 4.79 Å². The first-order valence-electron chi connectivity index (χ1n) is 5.13. The molecular formula is C10H20N2OS. The van der Waals surface area contributed by atoms with Crippen molar-refractivity contribution in [2.75, 3.05) is 33.4 Å². The van der Waals surface area contributed by atoms with Crippen LogP contribution < -0.4 is 5.32 Å². The zero-order valence-electron chi connectivity index (χ0n) is 9.25. The first-order valence-corrected chi connectivity index (χ1v) is 6.35. The predicted molar refractivity (Wildman–Crippen MR) is 61.6 cm³/mol. The van der Waals surface area contributed by atoms with Crippen molar-refractivity contribution >= 4 is 16.9 Å². The summed E-state index contributed by atoms with van der Waals surface area (Å²) in [6.45, 7) is 2.00. The lowest BCUT2D eigenvalue weighted by atomic mass is 9.90. The summed E-state index contributed by atoms with van der Waals surface area (Å²) in [6.07, 6.45) is 4.25. The molecule has 2 atom stereocenters. The van der Waals surface area contributed by atoms with E-state index in [1.807, 2.05) is 13.3 Å². The number of carbonyl (C=O) groups is 1. The van der Waals surface area contributed by atoms with Gasteiger partial charge in [0.1, 0.15) is 0 Å². The maximum Gasteiger partial charge on any atom is 0.206 e. The maximum absolute atomic E-state index is 11.8. The topological polar surface area (TPSA) is 32.3 Å². The lowest BCUT2D eigenvalue weighted by Gasteiger charge is -2.37. The Bertz CT molecular complexity index is 197. The van der Waals surface area contributed by atoms with Crippen LogP contribution in [0.3, 0.4) is 0 Å². The lowest BCUT2D eigenvalue weighted by molar-refractivity contribution is -0.118. The lowest BCUT2D eigenvalue weighted by Crippen LogP contribution is -2.49. The van der Waals surface area contributed by atoms with Gasteiger partial charge in [-0.05, 0) is 52.2 Å². The van der Waals surface area contributed by atoms with Gasteiger partial charge in [0.25, 0.3) is 0 Å². The summed E-state index contributed by atoms with van der Waals surface area (Å²) in [5.41, 5.74) is 0. The van der Waals surface area contributed by atoms with Gasteiger partial charge in [0.05, 0.1) is 6.04 Å². The quantitative estimate of drug-likeness (QED) is 0.756. The second kappa shape index (κ2) is 5.73. The Morgan fingerprint density at radius 3 is 2.93 bits per heavy atom. The molecule has 0 saturated carbocycles. The van der Waals surface area contributed by atoms with Gasteiger partial charge in [-0.2, -0.15) is 0 Å².